The molecule has 0 N–H and O–H groups in total. The number of carbonyl (C=O) groups excluding carboxylic acids is 1. The van der Waals surface area contributed by atoms with Crippen molar-refractivity contribution in [2.45, 2.75) is 85.5 Å². The van der Waals surface area contributed by atoms with Crippen molar-refractivity contribution in [3.05, 3.63) is 12.2 Å². The molecule has 3 aliphatic carbocycles. The minimum atomic E-state index is 0.263. The molecule has 158 valence electrons. The van der Waals surface area contributed by atoms with Crippen molar-refractivity contribution < 1.29 is 9.53 Å². The van der Waals surface area contributed by atoms with Crippen molar-refractivity contribution in [1.82, 2.24) is 0 Å². The van der Waals surface area contributed by atoms with Crippen molar-refractivity contribution >= 4 is 5.78 Å². The molecule has 4 rings (SSSR count). The molecule has 0 bridgehead atoms. The van der Waals surface area contributed by atoms with Gasteiger partial charge in [-0.1, -0.05) is 27.4 Å². The quantitative estimate of drug-likeness (QED) is 0.508. The fraction of sp³-hybridized carbons (Fsp3) is 0.885. The number of ether oxygens (including phenoxy) is 1. The van der Waals surface area contributed by atoms with Crippen LogP contribution in [0.15, 0.2) is 12.2 Å². The normalized spacial score (nSPS) is 46.2. The molecule has 2 heteroatoms. The van der Waals surface area contributed by atoms with Crippen molar-refractivity contribution in [3.63, 3.8) is 0 Å². The van der Waals surface area contributed by atoms with Crippen molar-refractivity contribution in [3.8, 4) is 0 Å². The number of fused-ring (bicyclic) bond motifs is 5. The summed E-state index contributed by atoms with van der Waals surface area (Å²) in [5, 5.41) is 0. The van der Waals surface area contributed by atoms with Gasteiger partial charge in [-0.05, 0) is 110 Å². The lowest BCUT2D eigenvalue weighted by atomic mass is 9.46. The van der Waals surface area contributed by atoms with Crippen molar-refractivity contribution in [2.24, 2.45) is 46.3 Å². The Kier molecular flexibility index (Phi) is 5.57. The lowest BCUT2D eigenvalue weighted by molar-refractivity contribution is -0.156. The molecule has 1 unspecified atom stereocenters. The van der Waals surface area contributed by atoms with Crippen molar-refractivity contribution in [2.75, 3.05) is 13.2 Å². The molecule has 0 spiro atoms. The maximum atomic E-state index is 12.1. The first-order valence-electron chi connectivity index (χ1n) is 12.0. The summed E-state index contributed by atoms with van der Waals surface area (Å²) in [6, 6.07) is 0. The highest BCUT2D eigenvalue weighted by Crippen LogP contribution is 2.67. The summed E-state index contributed by atoms with van der Waals surface area (Å²) < 4.78 is 6.02. The zero-order chi connectivity index (χ0) is 20.1. The third-order valence-electron chi connectivity index (χ3n) is 10.2. The maximum absolute atomic E-state index is 12.1. The highest BCUT2D eigenvalue weighted by Gasteiger charge is 2.60. The van der Waals surface area contributed by atoms with Gasteiger partial charge in [0, 0.05) is 13.0 Å². The molecule has 2 nitrogen and oxygen atoms in total. The van der Waals surface area contributed by atoms with Gasteiger partial charge in [-0.25, -0.2) is 0 Å². The van der Waals surface area contributed by atoms with Crippen LogP contribution in [-0.4, -0.2) is 19.0 Å². The third kappa shape index (κ3) is 3.22. The Hall–Kier alpha value is -0.630. The summed E-state index contributed by atoms with van der Waals surface area (Å²) in [7, 11) is 0. The number of ketones is 1. The summed E-state index contributed by atoms with van der Waals surface area (Å²) in [4.78, 5) is 12.1. The fourth-order valence-corrected chi connectivity index (χ4v) is 8.50. The number of allylic oxidation sites excluding steroid dienone is 1. The highest BCUT2D eigenvalue weighted by atomic mass is 16.5. The third-order valence-corrected chi connectivity index (χ3v) is 10.2. The van der Waals surface area contributed by atoms with Gasteiger partial charge >= 0.3 is 0 Å². The van der Waals surface area contributed by atoms with E-state index in [1.165, 1.54) is 44.9 Å². The van der Waals surface area contributed by atoms with Gasteiger partial charge in [-0.15, -0.1) is 0 Å². The highest BCUT2D eigenvalue weighted by molar-refractivity contribution is 5.94. The topological polar surface area (TPSA) is 26.3 Å². The van der Waals surface area contributed by atoms with Crippen LogP contribution < -0.4 is 0 Å². The van der Waals surface area contributed by atoms with E-state index in [1.807, 2.05) is 6.92 Å². The largest absolute Gasteiger partial charge is 0.381 e. The van der Waals surface area contributed by atoms with Gasteiger partial charge in [-0.2, -0.15) is 0 Å². The van der Waals surface area contributed by atoms with E-state index < -0.39 is 0 Å². The number of carbonyl (C=O) groups is 1. The molecule has 0 amide bonds. The summed E-state index contributed by atoms with van der Waals surface area (Å²) in [6.45, 7) is 15.3. The molecule has 0 aromatic heterocycles. The van der Waals surface area contributed by atoms with Gasteiger partial charge in [-0.3, -0.25) is 4.79 Å². The van der Waals surface area contributed by atoms with Crippen LogP contribution in [0.2, 0.25) is 0 Å². The molecule has 1 saturated heterocycles. The van der Waals surface area contributed by atoms with Gasteiger partial charge in [0.2, 0.25) is 0 Å². The molecule has 28 heavy (non-hydrogen) atoms. The van der Waals surface area contributed by atoms with E-state index in [1.54, 1.807) is 0 Å². The standard InChI is InChI=1S/C26H42O2/c1-17(2)24(27)11-6-18(3)21-9-10-22-20-8-7-19-13-15-28-16-26(19,5)23(20)12-14-25(21,22)4/h18-23H,1,6-16H2,2-5H3/t18-,19?,20+,21-,22+,23+,25-,26+/m1/s1. The van der Waals surface area contributed by atoms with Crippen LogP contribution in [0.5, 0.6) is 0 Å². The number of Topliss-reactive ketones (excluding diaryl/α,β-unsaturated/α-hetero) is 1. The van der Waals surface area contributed by atoms with Crippen LogP contribution in [0.1, 0.15) is 85.5 Å². The van der Waals surface area contributed by atoms with Gasteiger partial charge in [0.1, 0.15) is 0 Å². The maximum Gasteiger partial charge on any atom is 0.157 e. The predicted molar refractivity (Wildman–Crippen MR) is 115 cm³/mol. The van der Waals surface area contributed by atoms with Crippen LogP contribution >= 0.6 is 0 Å². The number of hydrogen-bond acceptors (Lipinski definition) is 2. The van der Waals surface area contributed by atoms with E-state index in [2.05, 4.69) is 27.4 Å². The van der Waals surface area contributed by atoms with Gasteiger partial charge in [0.15, 0.2) is 5.78 Å². The smallest absolute Gasteiger partial charge is 0.157 e. The number of hydrogen-bond donors (Lipinski definition) is 0. The summed E-state index contributed by atoms with van der Waals surface area (Å²) >= 11 is 0. The second kappa shape index (κ2) is 7.56. The minimum absolute atomic E-state index is 0.263. The molecular weight excluding hydrogens is 344 g/mol. The van der Waals surface area contributed by atoms with E-state index in [0.717, 1.165) is 54.8 Å². The van der Waals surface area contributed by atoms with E-state index in [4.69, 9.17) is 4.74 Å². The second-order valence-electron chi connectivity index (χ2n) is 11.4. The number of rotatable bonds is 5. The van der Waals surface area contributed by atoms with Crippen LogP contribution in [0, 0.1) is 46.3 Å². The Morgan fingerprint density at radius 3 is 2.57 bits per heavy atom. The Bertz CT molecular complexity index is 624. The first kappa shape index (κ1) is 20.6. The van der Waals surface area contributed by atoms with Crippen LogP contribution in [0.3, 0.4) is 0 Å². The van der Waals surface area contributed by atoms with Gasteiger partial charge < -0.3 is 4.74 Å². The first-order chi connectivity index (χ1) is 13.3. The lowest BCUT2D eigenvalue weighted by Gasteiger charge is -2.60. The van der Waals surface area contributed by atoms with E-state index >= 15 is 0 Å². The second-order valence-corrected chi connectivity index (χ2v) is 11.4. The fourth-order valence-electron chi connectivity index (χ4n) is 8.50. The monoisotopic (exact) mass is 386 g/mol. The summed E-state index contributed by atoms with van der Waals surface area (Å²) in [5.41, 5.74) is 1.65. The Labute approximate surface area is 172 Å². The van der Waals surface area contributed by atoms with Crippen LogP contribution in [-0.2, 0) is 9.53 Å². The Balaban J connectivity index is 1.47. The van der Waals surface area contributed by atoms with Crippen molar-refractivity contribution in [1.29, 1.82) is 0 Å². The van der Waals surface area contributed by atoms with Crippen LogP contribution in [0.25, 0.3) is 0 Å². The lowest BCUT2D eigenvalue weighted by Crippen LogP contribution is -2.55. The molecular formula is C26H42O2. The molecule has 1 heterocycles. The average molecular weight is 387 g/mol. The predicted octanol–water partition coefficient (Wildman–Crippen LogP) is 6.44. The zero-order valence-corrected chi connectivity index (χ0v) is 18.8. The summed E-state index contributed by atoms with van der Waals surface area (Å²) in [6.07, 6.45) is 11.5. The minimum Gasteiger partial charge on any atom is -0.381 e. The molecule has 1 aliphatic heterocycles. The molecule has 8 atom stereocenters. The molecule has 4 aliphatic rings. The Morgan fingerprint density at radius 1 is 1.07 bits per heavy atom. The average Bonchev–Trinajstić information content (AvgIpc) is 3.02. The van der Waals surface area contributed by atoms with Crippen LogP contribution in [0.4, 0.5) is 0 Å². The summed E-state index contributed by atoms with van der Waals surface area (Å²) in [5.74, 6) is 5.30. The molecule has 0 aromatic carbocycles. The van der Waals surface area contributed by atoms with E-state index in [-0.39, 0.29) is 5.78 Å². The zero-order valence-electron chi connectivity index (χ0n) is 18.8. The molecule has 0 radical (unpaired) electrons. The van der Waals surface area contributed by atoms with Gasteiger partial charge in [0.25, 0.3) is 0 Å². The first-order valence-corrected chi connectivity index (χ1v) is 12.0. The molecule has 0 aromatic rings. The van der Waals surface area contributed by atoms with E-state index in [9.17, 15) is 4.79 Å². The van der Waals surface area contributed by atoms with E-state index in [0.29, 0.717) is 23.2 Å². The SMILES string of the molecule is C=C(C)C(=O)CC[C@@H](C)[C@H]1CC[C@H]2[C@@H]3CCC4CCOC[C@]4(C)[C@H]3CC[C@]12C. The Morgan fingerprint density at radius 2 is 1.82 bits per heavy atom. The molecule has 3 saturated carbocycles. The van der Waals surface area contributed by atoms with Gasteiger partial charge in [0.05, 0.1) is 6.61 Å². The molecule has 4 fully saturated rings.